The third kappa shape index (κ3) is 3.40. The molecule has 3 rings (SSSR count). The maximum atomic E-state index is 11.5. The van der Waals surface area contributed by atoms with Crippen molar-refractivity contribution in [3.05, 3.63) is 11.7 Å². The standard InChI is InChI=1S/C16H27N5O2/c1-11-9-21(12(2)16-17-13(3)18-23-16)10-15(11)20-7-5-19(6-8-20)14(4)22/h11-12,15H,5-10H2,1-4H3/t11-,12-,15-/m1/s1. The molecule has 0 bridgehead atoms. The first-order valence-electron chi connectivity index (χ1n) is 8.49. The van der Waals surface area contributed by atoms with Crippen LogP contribution in [-0.2, 0) is 4.79 Å². The Morgan fingerprint density at radius 1 is 1.26 bits per heavy atom. The van der Waals surface area contributed by atoms with Crippen LogP contribution >= 0.6 is 0 Å². The van der Waals surface area contributed by atoms with Gasteiger partial charge in [-0.05, 0) is 19.8 Å². The van der Waals surface area contributed by atoms with E-state index in [9.17, 15) is 4.79 Å². The van der Waals surface area contributed by atoms with Crippen LogP contribution in [0.5, 0.6) is 0 Å². The van der Waals surface area contributed by atoms with E-state index in [1.54, 1.807) is 6.92 Å². The van der Waals surface area contributed by atoms with Gasteiger partial charge in [0.2, 0.25) is 11.8 Å². The van der Waals surface area contributed by atoms with Gasteiger partial charge in [-0.3, -0.25) is 14.6 Å². The van der Waals surface area contributed by atoms with Crippen molar-refractivity contribution < 1.29 is 9.32 Å². The normalized spacial score (nSPS) is 28.3. The van der Waals surface area contributed by atoms with Crippen molar-refractivity contribution in [3.8, 4) is 0 Å². The van der Waals surface area contributed by atoms with E-state index in [0.717, 1.165) is 39.3 Å². The molecule has 0 radical (unpaired) electrons. The Bertz CT molecular complexity index is 552. The lowest BCUT2D eigenvalue weighted by Crippen LogP contribution is -2.53. The van der Waals surface area contributed by atoms with Crippen molar-refractivity contribution in [1.82, 2.24) is 24.8 Å². The minimum Gasteiger partial charge on any atom is -0.340 e. The first-order chi connectivity index (χ1) is 11.0. The van der Waals surface area contributed by atoms with Gasteiger partial charge >= 0.3 is 0 Å². The van der Waals surface area contributed by atoms with Crippen LogP contribution in [-0.4, -0.2) is 76.1 Å². The molecule has 128 valence electrons. The quantitative estimate of drug-likeness (QED) is 0.825. The number of nitrogens with zero attached hydrogens (tertiary/aromatic N) is 5. The summed E-state index contributed by atoms with van der Waals surface area (Å²) < 4.78 is 5.33. The van der Waals surface area contributed by atoms with Crippen LogP contribution in [0.25, 0.3) is 0 Å². The molecule has 2 saturated heterocycles. The van der Waals surface area contributed by atoms with E-state index in [-0.39, 0.29) is 11.9 Å². The summed E-state index contributed by atoms with van der Waals surface area (Å²) in [5, 5.41) is 3.90. The van der Waals surface area contributed by atoms with Gasteiger partial charge in [0.05, 0.1) is 6.04 Å². The molecule has 2 aliphatic heterocycles. The summed E-state index contributed by atoms with van der Waals surface area (Å²) in [7, 11) is 0. The Hall–Kier alpha value is -1.47. The number of hydrogen-bond acceptors (Lipinski definition) is 6. The zero-order chi connectivity index (χ0) is 16.6. The monoisotopic (exact) mass is 321 g/mol. The molecular formula is C16H27N5O2. The molecule has 0 unspecified atom stereocenters. The third-order valence-electron chi connectivity index (χ3n) is 5.28. The molecule has 2 aliphatic rings. The van der Waals surface area contributed by atoms with Crippen molar-refractivity contribution in [3.63, 3.8) is 0 Å². The predicted octanol–water partition coefficient (Wildman–Crippen LogP) is 0.923. The summed E-state index contributed by atoms with van der Waals surface area (Å²) in [6, 6.07) is 0.692. The number of hydrogen-bond donors (Lipinski definition) is 0. The lowest BCUT2D eigenvalue weighted by atomic mass is 10.0. The zero-order valence-corrected chi connectivity index (χ0v) is 14.5. The van der Waals surface area contributed by atoms with E-state index in [1.807, 2.05) is 11.8 Å². The largest absolute Gasteiger partial charge is 0.340 e. The molecule has 3 atom stereocenters. The molecule has 23 heavy (non-hydrogen) atoms. The molecule has 0 aliphatic carbocycles. The van der Waals surface area contributed by atoms with E-state index in [4.69, 9.17) is 4.52 Å². The molecule has 0 N–H and O–H groups in total. The molecule has 1 aromatic heterocycles. The fourth-order valence-electron chi connectivity index (χ4n) is 3.79. The second kappa shape index (κ2) is 6.57. The minimum atomic E-state index is 0.155. The maximum Gasteiger partial charge on any atom is 0.243 e. The van der Waals surface area contributed by atoms with Crippen LogP contribution in [0, 0.1) is 12.8 Å². The number of carbonyl (C=O) groups excluding carboxylic acids is 1. The molecule has 3 heterocycles. The first kappa shape index (κ1) is 16.4. The van der Waals surface area contributed by atoms with Gasteiger partial charge in [-0.1, -0.05) is 12.1 Å². The zero-order valence-electron chi connectivity index (χ0n) is 14.5. The first-order valence-corrected chi connectivity index (χ1v) is 8.49. The summed E-state index contributed by atoms with van der Waals surface area (Å²) in [5.74, 6) is 2.18. The Morgan fingerprint density at radius 3 is 2.52 bits per heavy atom. The molecular weight excluding hydrogens is 294 g/mol. The lowest BCUT2D eigenvalue weighted by Gasteiger charge is -2.39. The maximum absolute atomic E-state index is 11.5. The van der Waals surface area contributed by atoms with E-state index in [2.05, 4.69) is 33.8 Å². The molecule has 0 saturated carbocycles. The Balaban J connectivity index is 1.59. The average Bonchev–Trinajstić information content (AvgIpc) is 3.13. The van der Waals surface area contributed by atoms with E-state index in [0.29, 0.717) is 23.7 Å². The SMILES string of the molecule is CC(=O)N1CCN([C@@H]2CN([C@H](C)c3nc(C)no3)C[C@H]2C)CC1. The van der Waals surface area contributed by atoms with Gasteiger partial charge in [-0.25, -0.2) is 0 Å². The van der Waals surface area contributed by atoms with Gasteiger partial charge in [0.15, 0.2) is 5.82 Å². The highest BCUT2D eigenvalue weighted by Gasteiger charge is 2.38. The summed E-state index contributed by atoms with van der Waals surface area (Å²) in [5.41, 5.74) is 0. The average molecular weight is 321 g/mol. The van der Waals surface area contributed by atoms with Crippen LogP contribution in [0.15, 0.2) is 4.52 Å². The number of carbonyl (C=O) groups is 1. The third-order valence-corrected chi connectivity index (χ3v) is 5.28. The molecule has 0 aromatic carbocycles. The van der Waals surface area contributed by atoms with Crippen molar-refractivity contribution in [1.29, 1.82) is 0 Å². The van der Waals surface area contributed by atoms with E-state index in [1.165, 1.54) is 0 Å². The van der Waals surface area contributed by atoms with Gasteiger partial charge < -0.3 is 9.42 Å². The van der Waals surface area contributed by atoms with Gasteiger partial charge in [-0.2, -0.15) is 4.98 Å². The molecule has 0 spiro atoms. The molecule has 2 fully saturated rings. The molecule has 7 nitrogen and oxygen atoms in total. The van der Waals surface area contributed by atoms with E-state index < -0.39 is 0 Å². The summed E-state index contributed by atoms with van der Waals surface area (Å²) >= 11 is 0. The van der Waals surface area contributed by atoms with Crippen molar-refractivity contribution >= 4 is 5.91 Å². The molecule has 1 amide bonds. The number of likely N-dealkylation sites (tertiary alicyclic amines) is 1. The fraction of sp³-hybridized carbons (Fsp3) is 0.812. The number of amides is 1. The highest BCUT2D eigenvalue weighted by molar-refractivity contribution is 5.73. The number of piperazine rings is 1. The van der Waals surface area contributed by atoms with E-state index >= 15 is 0 Å². The van der Waals surface area contributed by atoms with Gasteiger partial charge in [0.25, 0.3) is 0 Å². The van der Waals surface area contributed by atoms with Crippen LogP contribution < -0.4 is 0 Å². The highest BCUT2D eigenvalue weighted by Crippen LogP contribution is 2.29. The number of rotatable bonds is 3. The number of aromatic nitrogens is 2. The lowest BCUT2D eigenvalue weighted by molar-refractivity contribution is -0.130. The fourth-order valence-corrected chi connectivity index (χ4v) is 3.79. The Kier molecular flexibility index (Phi) is 4.68. The van der Waals surface area contributed by atoms with Gasteiger partial charge in [0.1, 0.15) is 0 Å². The van der Waals surface area contributed by atoms with Crippen LogP contribution in [0.4, 0.5) is 0 Å². The van der Waals surface area contributed by atoms with Gasteiger partial charge in [-0.15, -0.1) is 0 Å². The smallest absolute Gasteiger partial charge is 0.243 e. The van der Waals surface area contributed by atoms with Gasteiger partial charge in [0, 0.05) is 52.2 Å². The van der Waals surface area contributed by atoms with Crippen molar-refractivity contribution in [2.45, 2.75) is 39.8 Å². The topological polar surface area (TPSA) is 65.7 Å². The van der Waals surface area contributed by atoms with Crippen LogP contribution in [0.2, 0.25) is 0 Å². The predicted molar refractivity (Wildman–Crippen MR) is 85.8 cm³/mol. The Morgan fingerprint density at radius 2 is 1.96 bits per heavy atom. The molecule has 7 heteroatoms. The minimum absolute atomic E-state index is 0.155. The molecule has 1 aromatic rings. The highest BCUT2D eigenvalue weighted by atomic mass is 16.5. The van der Waals surface area contributed by atoms with Crippen LogP contribution in [0.1, 0.15) is 38.5 Å². The summed E-state index contributed by atoms with van der Waals surface area (Å²) in [4.78, 5) is 22.7. The second-order valence-corrected chi connectivity index (χ2v) is 6.90. The van der Waals surface area contributed by atoms with Crippen molar-refractivity contribution in [2.75, 3.05) is 39.3 Å². The van der Waals surface area contributed by atoms with Crippen LogP contribution in [0.3, 0.4) is 0 Å². The number of aryl methyl sites for hydroxylation is 1. The second-order valence-electron chi connectivity index (χ2n) is 6.90. The summed E-state index contributed by atoms with van der Waals surface area (Å²) in [6.07, 6.45) is 0. The van der Waals surface area contributed by atoms with Crippen molar-refractivity contribution in [2.24, 2.45) is 5.92 Å². The Labute approximate surface area is 137 Å². The summed E-state index contributed by atoms with van der Waals surface area (Å²) in [6.45, 7) is 13.6.